The minimum atomic E-state index is -0.318. The summed E-state index contributed by atoms with van der Waals surface area (Å²) in [6, 6.07) is 12.9. The van der Waals surface area contributed by atoms with Crippen LogP contribution in [0.4, 0.5) is 4.39 Å². The van der Waals surface area contributed by atoms with Gasteiger partial charge in [0.05, 0.1) is 10.6 Å². The second kappa shape index (κ2) is 5.93. The second-order valence-corrected chi connectivity index (χ2v) is 4.63. The molecule has 4 nitrogen and oxygen atoms in total. The molecule has 0 spiro atoms. The topological polar surface area (TPSA) is 48.2 Å². The van der Waals surface area contributed by atoms with E-state index in [1.807, 2.05) is 12.1 Å². The monoisotopic (exact) mass is 304 g/mol. The Labute approximate surface area is 125 Å². The molecule has 0 aliphatic heterocycles. The van der Waals surface area contributed by atoms with Crippen molar-refractivity contribution < 1.29 is 13.5 Å². The van der Waals surface area contributed by atoms with Crippen molar-refractivity contribution in [2.45, 2.75) is 6.61 Å². The van der Waals surface area contributed by atoms with E-state index in [0.29, 0.717) is 28.1 Å². The molecule has 3 rings (SSSR count). The van der Waals surface area contributed by atoms with E-state index in [-0.39, 0.29) is 12.4 Å². The van der Waals surface area contributed by atoms with Gasteiger partial charge in [0.25, 0.3) is 5.89 Å². The quantitative estimate of drug-likeness (QED) is 0.728. The van der Waals surface area contributed by atoms with Crippen molar-refractivity contribution in [3.05, 3.63) is 65.3 Å². The van der Waals surface area contributed by atoms with Crippen LogP contribution in [0.2, 0.25) is 5.02 Å². The van der Waals surface area contributed by atoms with Gasteiger partial charge in [-0.15, -0.1) is 10.2 Å². The normalized spacial score (nSPS) is 10.6. The molecule has 2 aromatic carbocycles. The Morgan fingerprint density at radius 2 is 1.81 bits per heavy atom. The molecule has 0 saturated heterocycles. The van der Waals surface area contributed by atoms with Gasteiger partial charge in [-0.2, -0.15) is 0 Å². The van der Waals surface area contributed by atoms with Crippen LogP contribution >= 0.6 is 11.6 Å². The number of benzene rings is 2. The summed E-state index contributed by atoms with van der Waals surface area (Å²) in [5.41, 5.74) is 0.666. The van der Waals surface area contributed by atoms with Gasteiger partial charge in [0.2, 0.25) is 5.89 Å². The fourth-order valence-electron chi connectivity index (χ4n) is 1.73. The number of nitrogens with zero attached hydrogens (tertiary/aromatic N) is 2. The van der Waals surface area contributed by atoms with Gasteiger partial charge in [0.15, 0.2) is 6.61 Å². The van der Waals surface area contributed by atoms with Gasteiger partial charge in [-0.1, -0.05) is 23.7 Å². The number of hydrogen-bond donors (Lipinski definition) is 0. The zero-order valence-corrected chi connectivity index (χ0v) is 11.5. The van der Waals surface area contributed by atoms with E-state index in [1.165, 1.54) is 24.3 Å². The highest BCUT2D eigenvalue weighted by Gasteiger charge is 2.11. The Balaban J connectivity index is 1.71. The largest absolute Gasteiger partial charge is 0.484 e. The maximum atomic E-state index is 12.8. The summed E-state index contributed by atoms with van der Waals surface area (Å²) in [7, 11) is 0. The Bertz CT molecular complexity index is 743. The third kappa shape index (κ3) is 3.20. The van der Waals surface area contributed by atoms with E-state index < -0.39 is 0 Å². The summed E-state index contributed by atoms with van der Waals surface area (Å²) in [4.78, 5) is 0. The van der Waals surface area contributed by atoms with Crippen molar-refractivity contribution in [3.63, 3.8) is 0 Å². The number of rotatable bonds is 4. The second-order valence-electron chi connectivity index (χ2n) is 4.22. The molecule has 21 heavy (non-hydrogen) atoms. The number of aromatic nitrogens is 2. The van der Waals surface area contributed by atoms with Gasteiger partial charge in [-0.05, 0) is 36.4 Å². The third-order valence-corrected chi connectivity index (χ3v) is 3.08. The molecule has 0 bridgehead atoms. The SMILES string of the molecule is Fc1ccc(OCc2nnc(-c3ccccc3Cl)o2)cc1. The fourth-order valence-corrected chi connectivity index (χ4v) is 1.95. The number of ether oxygens (including phenoxy) is 1. The minimum Gasteiger partial charge on any atom is -0.484 e. The van der Waals surface area contributed by atoms with Gasteiger partial charge in [-0.25, -0.2) is 4.39 Å². The number of halogens is 2. The lowest BCUT2D eigenvalue weighted by Gasteiger charge is -2.02. The van der Waals surface area contributed by atoms with Crippen LogP contribution in [-0.2, 0) is 6.61 Å². The van der Waals surface area contributed by atoms with E-state index >= 15 is 0 Å². The summed E-state index contributed by atoms with van der Waals surface area (Å²) in [6.45, 7) is 0.100. The summed E-state index contributed by atoms with van der Waals surface area (Å²) in [5, 5.41) is 8.36. The van der Waals surface area contributed by atoms with Crippen molar-refractivity contribution >= 4 is 11.6 Å². The lowest BCUT2D eigenvalue weighted by Crippen LogP contribution is -1.95. The summed E-state index contributed by atoms with van der Waals surface area (Å²) in [6.07, 6.45) is 0. The van der Waals surface area contributed by atoms with Crippen LogP contribution in [0.5, 0.6) is 5.75 Å². The summed E-state index contributed by atoms with van der Waals surface area (Å²) < 4.78 is 23.7. The lowest BCUT2D eigenvalue weighted by atomic mass is 10.2. The molecule has 0 aliphatic rings. The van der Waals surface area contributed by atoms with E-state index in [0.717, 1.165) is 0 Å². The lowest BCUT2D eigenvalue weighted by molar-refractivity contribution is 0.264. The maximum absolute atomic E-state index is 12.8. The first-order chi connectivity index (χ1) is 10.2. The van der Waals surface area contributed by atoms with Crippen LogP contribution in [0.3, 0.4) is 0 Å². The average molecular weight is 305 g/mol. The highest BCUT2D eigenvalue weighted by Crippen LogP contribution is 2.26. The van der Waals surface area contributed by atoms with Crippen LogP contribution in [0.25, 0.3) is 11.5 Å². The molecule has 0 aliphatic carbocycles. The molecule has 106 valence electrons. The van der Waals surface area contributed by atoms with Gasteiger partial charge in [0.1, 0.15) is 11.6 Å². The first-order valence-electron chi connectivity index (χ1n) is 6.18. The van der Waals surface area contributed by atoms with Crippen molar-refractivity contribution in [2.24, 2.45) is 0 Å². The number of hydrogen-bond acceptors (Lipinski definition) is 4. The van der Waals surface area contributed by atoms with Gasteiger partial charge in [-0.3, -0.25) is 0 Å². The van der Waals surface area contributed by atoms with Crippen LogP contribution in [0.1, 0.15) is 5.89 Å². The molecule has 0 amide bonds. The zero-order valence-electron chi connectivity index (χ0n) is 10.8. The Morgan fingerprint density at radius 3 is 2.57 bits per heavy atom. The molecule has 0 radical (unpaired) electrons. The molecule has 0 N–H and O–H groups in total. The first-order valence-corrected chi connectivity index (χ1v) is 6.56. The Hall–Kier alpha value is -2.40. The summed E-state index contributed by atoms with van der Waals surface area (Å²) in [5.74, 6) is 0.850. The smallest absolute Gasteiger partial charge is 0.254 e. The maximum Gasteiger partial charge on any atom is 0.254 e. The molecule has 0 unspecified atom stereocenters. The molecule has 0 fully saturated rings. The Morgan fingerprint density at radius 1 is 1.05 bits per heavy atom. The van der Waals surface area contributed by atoms with Crippen molar-refractivity contribution in [2.75, 3.05) is 0 Å². The van der Waals surface area contributed by atoms with Crippen LogP contribution in [0, 0.1) is 5.82 Å². The first kappa shape index (κ1) is 13.6. The third-order valence-electron chi connectivity index (χ3n) is 2.75. The molecule has 1 aromatic heterocycles. The van der Waals surface area contributed by atoms with E-state index in [2.05, 4.69) is 10.2 Å². The minimum absolute atomic E-state index is 0.100. The molecule has 1 heterocycles. The highest BCUT2D eigenvalue weighted by atomic mass is 35.5. The van der Waals surface area contributed by atoms with E-state index in [9.17, 15) is 4.39 Å². The van der Waals surface area contributed by atoms with Gasteiger partial charge >= 0.3 is 0 Å². The Kier molecular flexibility index (Phi) is 3.83. The van der Waals surface area contributed by atoms with Crippen molar-refractivity contribution in [1.82, 2.24) is 10.2 Å². The predicted octanol–water partition coefficient (Wildman–Crippen LogP) is 4.11. The molecule has 0 saturated carbocycles. The fraction of sp³-hybridized carbons (Fsp3) is 0.0667. The van der Waals surface area contributed by atoms with E-state index in [4.69, 9.17) is 20.8 Å². The molecular formula is C15H10ClFN2O2. The molecule has 3 aromatic rings. The average Bonchev–Trinajstić information content (AvgIpc) is 2.96. The zero-order chi connectivity index (χ0) is 14.7. The molecule has 6 heteroatoms. The van der Waals surface area contributed by atoms with Crippen molar-refractivity contribution in [1.29, 1.82) is 0 Å². The van der Waals surface area contributed by atoms with E-state index in [1.54, 1.807) is 12.1 Å². The standard InChI is InChI=1S/C15H10ClFN2O2/c16-13-4-2-1-3-12(13)15-19-18-14(21-15)9-20-11-7-5-10(17)6-8-11/h1-8H,9H2. The van der Waals surface area contributed by atoms with Gasteiger partial charge in [0, 0.05) is 0 Å². The summed E-state index contributed by atoms with van der Waals surface area (Å²) >= 11 is 6.06. The van der Waals surface area contributed by atoms with Crippen LogP contribution in [0.15, 0.2) is 52.9 Å². The highest BCUT2D eigenvalue weighted by molar-refractivity contribution is 6.33. The predicted molar refractivity (Wildman–Crippen MR) is 75.5 cm³/mol. The molecule has 0 atom stereocenters. The molecular weight excluding hydrogens is 295 g/mol. The van der Waals surface area contributed by atoms with Crippen LogP contribution in [-0.4, -0.2) is 10.2 Å². The van der Waals surface area contributed by atoms with Crippen molar-refractivity contribution in [3.8, 4) is 17.2 Å². The van der Waals surface area contributed by atoms with Crippen LogP contribution < -0.4 is 4.74 Å². The van der Waals surface area contributed by atoms with Gasteiger partial charge < -0.3 is 9.15 Å².